The largest absolute Gasteiger partial charge is 0.493 e. The van der Waals surface area contributed by atoms with Crippen LogP contribution in [0.3, 0.4) is 0 Å². The van der Waals surface area contributed by atoms with Gasteiger partial charge in [-0.2, -0.15) is 8.42 Å². The Hall–Kier alpha value is -4.71. The topological polar surface area (TPSA) is 129 Å². The van der Waals surface area contributed by atoms with E-state index in [1.54, 1.807) is 18.2 Å². The minimum absolute atomic E-state index is 0.00741. The lowest BCUT2D eigenvalue weighted by Gasteiger charge is -2.22. The minimum atomic E-state index is -4.32. The number of halogens is 1. The molecule has 0 aliphatic carbocycles. The molecule has 0 saturated heterocycles. The van der Waals surface area contributed by atoms with E-state index in [1.807, 2.05) is 0 Å². The zero-order chi connectivity index (χ0) is 27.3. The molecule has 38 heavy (non-hydrogen) atoms. The summed E-state index contributed by atoms with van der Waals surface area (Å²) in [5, 5.41) is 11.0. The van der Waals surface area contributed by atoms with Gasteiger partial charge in [0.1, 0.15) is 16.5 Å². The highest BCUT2D eigenvalue weighted by Gasteiger charge is 2.22. The summed E-state index contributed by atoms with van der Waals surface area (Å²) in [6.45, 7) is 0.0758. The maximum absolute atomic E-state index is 13.3. The number of amides is 1. The number of hydrogen-bond donors (Lipinski definition) is 0. The normalized spacial score (nSPS) is 11.1. The van der Waals surface area contributed by atoms with Crippen molar-refractivity contribution in [2.45, 2.75) is 18.0 Å². The fraction of sp³-hybridized carbons (Fsp3) is 0.115. The number of carbonyl (C=O) groups is 1. The molecule has 0 spiro atoms. The van der Waals surface area contributed by atoms with E-state index in [1.165, 1.54) is 54.7 Å². The molecule has 0 aliphatic rings. The first-order valence-electron chi connectivity index (χ1n) is 11.1. The molecule has 3 aromatic carbocycles. The lowest BCUT2D eigenvalue weighted by molar-refractivity contribution is -0.384. The van der Waals surface area contributed by atoms with Gasteiger partial charge in [-0.3, -0.25) is 14.9 Å². The molecule has 1 amide bonds. The lowest BCUT2D eigenvalue weighted by Crippen LogP contribution is -2.30. The fourth-order valence-electron chi connectivity index (χ4n) is 3.57. The fourth-order valence-corrected chi connectivity index (χ4v) is 4.50. The first-order valence-corrected chi connectivity index (χ1v) is 12.5. The summed E-state index contributed by atoms with van der Waals surface area (Å²) in [6.07, 6.45) is 1.46. The quantitative estimate of drug-likeness (QED) is 0.157. The number of ether oxygens (including phenoxy) is 1. The van der Waals surface area contributed by atoms with Gasteiger partial charge in [-0.05, 0) is 66.2 Å². The molecule has 0 unspecified atom stereocenters. The Labute approximate surface area is 217 Å². The Morgan fingerprint density at radius 3 is 2.32 bits per heavy atom. The number of nitrogens with zero attached hydrogens (tertiary/aromatic N) is 2. The Morgan fingerprint density at radius 2 is 1.71 bits per heavy atom. The monoisotopic (exact) mass is 540 g/mol. The first-order chi connectivity index (χ1) is 18.2. The standard InChI is InChI=1S/C26H21FN2O8S/c1-35-24-13-4-18(15-25(24)37-38(33,34)23-11-7-20(27)8-12-23)16-28(17-22-3-2-14-36-22)26(30)19-5-9-21(10-6-19)29(31)32/h2-15H,16-17H2,1H3. The Morgan fingerprint density at radius 1 is 1.00 bits per heavy atom. The van der Waals surface area contributed by atoms with Gasteiger partial charge in [-0.1, -0.05) is 6.07 Å². The van der Waals surface area contributed by atoms with Crippen LogP contribution in [-0.2, 0) is 23.2 Å². The van der Waals surface area contributed by atoms with Crippen LogP contribution < -0.4 is 8.92 Å². The van der Waals surface area contributed by atoms with Crippen molar-refractivity contribution in [2.24, 2.45) is 0 Å². The van der Waals surface area contributed by atoms with E-state index in [4.69, 9.17) is 13.3 Å². The van der Waals surface area contributed by atoms with E-state index >= 15 is 0 Å². The first kappa shape index (κ1) is 26.4. The molecule has 0 bridgehead atoms. The minimum Gasteiger partial charge on any atom is -0.493 e. The summed E-state index contributed by atoms with van der Waals surface area (Å²) in [4.78, 5) is 24.9. The molecule has 0 atom stereocenters. The molecule has 1 heterocycles. The number of rotatable bonds is 10. The van der Waals surface area contributed by atoms with Crippen LogP contribution >= 0.6 is 0 Å². The smallest absolute Gasteiger partial charge is 0.339 e. The van der Waals surface area contributed by atoms with Gasteiger partial charge in [0, 0.05) is 24.2 Å². The number of nitro groups is 1. The van der Waals surface area contributed by atoms with Crippen LogP contribution in [0.15, 0.2) is 94.4 Å². The molecule has 4 aromatic rings. The van der Waals surface area contributed by atoms with Gasteiger partial charge in [0.05, 0.1) is 24.8 Å². The molecule has 1 aromatic heterocycles. The van der Waals surface area contributed by atoms with Crippen molar-refractivity contribution < 1.29 is 35.9 Å². The Kier molecular flexibility index (Phi) is 7.72. The second-order valence-electron chi connectivity index (χ2n) is 8.02. The molecule has 10 nitrogen and oxygen atoms in total. The predicted octanol–water partition coefficient (Wildman–Crippen LogP) is 4.95. The van der Waals surface area contributed by atoms with Gasteiger partial charge < -0.3 is 18.2 Å². The highest BCUT2D eigenvalue weighted by molar-refractivity contribution is 7.87. The molecular weight excluding hydrogens is 519 g/mol. The predicted molar refractivity (Wildman–Crippen MR) is 133 cm³/mol. The summed E-state index contributed by atoms with van der Waals surface area (Å²) < 4.78 is 54.7. The number of non-ortho nitro benzene ring substituents is 1. The maximum atomic E-state index is 13.3. The van der Waals surface area contributed by atoms with Gasteiger partial charge in [-0.15, -0.1) is 0 Å². The molecule has 0 saturated carbocycles. The molecular formula is C26H21FN2O8S. The second kappa shape index (κ2) is 11.1. The SMILES string of the molecule is COc1ccc(CN(Cc2ccco2)C(=O)c2ccc([N+](=O)[O-])cc2)cc1OS(=O)(=O)c1ccc(F)cc1. The molecule has 0 fully saturated rings. The maximum Gasteiger partial charge on any atom is 0.339 e. The molecule has 0 N–H and O–H groups in total. The average Bonchev–Trinajstić information content (AvgIpc) is 3.41. The lowest BCUT2D eigenvalue weighted by atomic mass is 10.1. The van der Waals surface area contributed by atoms with Crippen LogP contribution in [0.5, 0.6) is 11.5 Å². The number of hydrogen-bond acceptors (Lipinski definition) is 8. The zero-order valence-electron chi connectivity index (χ0n) is 19.9. The van der Waals surface area contributed by atoms with Crippen LogP contribution in [0.2, 0.25) is 0 Å². The number of furan rings is 1. The third-order valence-electron chi connectivity index (χ3n) is 5.44. The highest BCUT2D eigenvalue weighted by atomic mass is 32.2. The van der Waals surface area contributed by atoms with Gasteiger partial charge in [0.2, 0.25) is 0 Å². The van der Waals surface area contributed by atoms with Crippen molar-refractivity contribution in [2.75, 3.05) is 7.11 Å². The summed E-state index contributed by atoms with van der Waals surface area (Å²) in [5.74, 6) is -0.552. The van der Waals surface area contributed by atoms with E-state index < -0.39 is 26.8 Å². The van der Waals surface area contributed by atoms with Crippen molar-refractivity contribution in [1.29, 1.82) is 0 Å². The number of carbonyl (C=O) groups excluding carboxylic acids is 1. The van der Waals surface area contributed by atoms with Gasteiger partial charge >= 0.3 is 10.1 Å². The van der Waals surface area contributed by atoms with E-state index in [0.717, 1.165) is 24.3 Å². The third-order valence-corrected chi connectivity index (χ3v) is 6.69. The van der Waals surface area contributed by atoms with Crippen LogP contribution in [0.1, 0.15) is 21.7 Å². The second-order valence-corrected chi connectivity index (χ2v) is 9.57. The average molecular weight is 541 g/mol. The third kappa shape index (κ3) is 6.16. The number of nitro benzene ring substituents is 1. The van der Waals surface area contributed by atoms with Crippen molar-refractivity contribution in [3.63, 3.8) is 0 Å². The Bertz CT molecular complexity index is 1540. The number of methoxy groups -OCH3 is 1. The van der Waals surface area contributed by atoms with Crippen molar-refractivity contribution in [3.8, 4) is 11.5 Å². The molecule has 0 aliphatic heterocycles. The molecule has 4 rings (SSSR count). The van der Waals surface area contributed by atoms with Crippen LogP contribution in [0.4, 0.5) is 10.1 Å². The summed E-state index contributed by atoms with van der Waals surface area (Å²) >= 11 is 0. The van der Waals surface area contributed by atoms with E-state index in [0.29, 0.717) is 11.3 Å². The van der Waals surface area contributed by atoms with Crippen molar-refractivity contribution >= 4 is 21.7 Å². The van der Waals surface area contributed by atoms with Gasteiger partial charge in [0.15, 0.2) is 11.5 Å². The number of benzene rings is 3. The summed E-state index contributed by atoms with van der Waals surface area (Å²) in [5.41, 5.74) is 0.557. The molecule has 196 valence electrons. The van der Waals surface area contributed by atoms with E-state index in [-0.39, 0.29) is 40.7 Å². The van der Waals surface area contributed by atoms with E-state index in [9.17, 15) is 27.7 Å². The van der Waals surface area contributed by atoms with Crippen LogP contribution in [0.25, 0.3) is 0 Å². The summed E-state index contributed by atoms with van der Waals surface area (Å²) in [7, 11) is -2.98. The molecule has 0 radical (unpaired) electrons. The van der Waals surface area contributed by atoms with E-state index in [2.05, 4.69) is 0 Å². The van der Waals surface area contributed by atoms with Gasteiger partial charge in [-0.25, -0.2) is 4.39 Å². The van der Waals surface area contributed by atoms with Crippen molar-refractivity contribution in [3.05, 3.63) is 118 Å². The van der Waals surface area contributed by atoms with Crippen LogP contribution in [0, 0.1) is 15.9 Å². The van der Waals surface area contributed by atoms with Gasteiger partial charge in [0.25, 0.3) is 11.6 Å². The van der Waals surface area contributed by atoms with Crippen LogP contribution in [-0.4, -0.2) is 31.3 Å². The Balaban J connectivity index is 1.63. The zero-order valence-corrected chi connectivity index (χ0v) is 20.8. The highest BCUT2D eigenvalue weighted by Crippen LogP contribution is 2.32. The van der Waals surface area contributed by atoms with Crippen molar-refractivity contribution in [1.82, 2.24) is 4.90 Å². The summed E-state index contributed by atoms with van der Waals surface area (Å²) in [6, 6.07) is 17.2. The molecule has 12 heteroatoms.